The molecule has 0 heterocycles. The van der Waals surface area contributed by atoms with Gasteiger partial charge < -0.3 is 5.73 Å². The summed E-state index contributed by atoms with van der Waals surface area (Å²) in [6, 6.07) is 8.39. The molecule has 0 unspecified atom stereocenters. The lowest BCUT2D eigenvalue weighted by Crippen LogP contribution is -1.95. The van der Waals surface area contributed by atoms with Crippen LogP contribution < -0.4 is 5.73 Å². The topological polar surface area (TPSA) is 26.0 Å². The average molecular weight is 189 g/mol. The summed E-state index contributed by atoms with van der Waals surface area (Å²) in [5.74, 6) is 0. The van der Waals surface area contributed by atoms with E-state index in [1.165, 1.54) is 29.5 Å². The van der Waals surface area contributed by atoms with Crippen LogP contribution in [0.4, 0.5) is 0 Å². The van der Waals surface area contributed by atoms with E-state index in [1.807, 2.05) is 13.8 Å². The van der Waals surface area contributed by atoms with Gasteiger partial charge in [0, 0.05) is 5.70 Å². The Kier molecular flexibility index (Phi) is 3.75. The largest absolute Gasteiger partial charge is 0.398 e. The van der Waals surface area contributed by atoms with Crippen LogP contribution in [-0.2, 0) is 0 Å². The Hall–Kier alpha value is -1.24. The third-order valence-corrected chi connectivity index (χ3v) is 2.24. The fourth-order valence-corrected chi connectivity index (χ4v) is 1.27. The predicted molar refractivity (Wildman–Crippen MR) is 62.9 cm³/mol. The van der Waals surface area contributed by atoms with E-state index >= 15 is 0 Å². The van der Waals surface area contributed by atoms with Gasteiger partial charge in [-0.25, -0.2) is 0 Å². The lowest BCUT2D eigenvalue weighted by atomic mass is 10.1. The van der Waals surface area contributed by atoms with Crippen LogP contribution in [0.3, 0.4) is 0 Å². The number of allylic oxidation sites excluding steroid dienone is 1. The first-order valence-corrected chi connectivity index (χ1v) is 5.32. The van der Waals surface area contributed by atoms with Crippen LogP contribution >= 0.6 is 0 Å². The summed E-state index contributed by atoms with van der Waals surface area (Å²) in [5, 5.41) is 0. The normalized spacial score (nSPS) is 12.9. The maximum Gasteiger partial charge on any atom is 0.0379 e. The zero-order valence-corrected chi connectivity index (χ0v) is 9.30. The second-order valence-electron chi connectivity index (χ2n) is 3.38. The van der Waals surface area contributed by atoms with Crippen molar-refractivity contribution in [1.29, 1.82) is 0 Å². The Balaban J connectivity index is 0.000000461. The molecule has 1 heteroatoms. The van der Waals surface area contributed by atoms with Crippen molar-refractivity contribution in [2.24, 2.45) is 5.73 Å². The second kappa shape index (κ2) is 4.85. The van der Waals surface area contributed by atoms with Crippen molar-refractivity contribution in [2.45, 2.75) is 33.6 Å². The molecule has 2 rings (SSSR count). The fourth-order valence-electron chi connectivity index (χ4n) is 1.27. The molecule has 1 aliphatic carbocycles. The summed E-state index contributed by atoms with van der Waals surface area (Å²) >= 11 is 0. The molecule has 1 saturated carbocycles. The summed E-state index contributed by atoms with van der Waals surface area (Å²) in [5.41, 5.74) is 10.8. The number of rotatable bonds is 1. The van der Waals surface area contributed by atoms with Gasteiger partial charge in [-0.3, -0.25) is 0 Å². The lowest BCUT2D eigenvalue weighted by molar-refractivity contribution is 1.42. The molecule has 0 aliphatic heterocycles. The summed E-state index contributed by atoms with van der Waals surface area (Å²) in [6.07, 6.45) is 2.39. The van der Waals surface area contributed by atoms with E-state index < -0.39 is 0 Å². The molecule has 0 atom stereocenters. The van der Waals surface area contributed by atoms with E-state index in [2.05, 4.69) is 31.2 Å². The number of hydrogen-bond acceptors (Lipinski definition) is 1. The molecule has 2 N–H and O–H groups in total. The van der Waals surface area contributed by atoms with E-state index in [-0.39, 0.29) is 0 Å². The van der Waals surface area contributed by atoms with Gasteiger partial charge in [0.2, 0.25) is 0 Å². The van der Waals surface area contributed by atoms with Gasteiger partial charge in [0.25, 0.3) is 0 Å². The van der Waals surface area contributed by atoms with Crippen molar-refractivity contribution >= 4 is 5.70 Å². The zero-order chi connectivity index (χ0) is 10.6. The Morgan fingerprint density at radius 1 is 1.07 bits per heavy atom. The second-order valence-corrected chi connectivity index (χ2v) is 3.38. The minimum absolute atomic E-state index is 0.995. The monoisotopic (exact) mass is 189 g/mol. The highest BCUT2D eigenvalue weighted by molar-refractivity contribution is 5.68. The maximum atomic E-state index is 5.93. The van der Waals surface area contributed by atoms with Crippen LogP contribution in [0, 0.1) is 6.92 Å². The lowest BCUT2D eigenvalue weighted by Gasteiger charge is -2.00. The van der Waals surface area contributed by atoms with Crippen molar-refractivity contribution in [3.05, 3.63) is 41.0 Å². The minimum Gasteiger partial charge on any atom is -0.398 e. The molecule has 0 aromatic heterocycles. The molecule has 0 amide bonds. The van der Waals surface area contributed by atoms with Gasteiger partial charge in [-0.1, -0.05) is 43.7 Å². The summed E-state index contributed by atoms with van der Waals surface area (Å²) in [7, 11) is 0. The van der Waals surface area contributed by atoms with E-state index in [1.54, 1.807) is 0 Å². The Labute approximate surface area is 86.6 Å². The van der Waals surface area contributed by atoms with Crippen molar-refractivity contribution in [2.75, 3.05) is 0 Å². The molecule has 1 aliphatic rings. The predicted octanol–water partition coefficient (Wildman–Crippen LogP) is 3.48. The molecule has 14 heavy (non-hydrogen) atoms. The van der Waals surface area contributed by atoms with Crippen LogP contribution in [-0.4, -0.2) is 0 Å². The van der Waals surface area contributed by atoms with Crippen molar-refractivity contribution in [3.63, 3.8) is 0 Å². The number of benzene rings is 1. The molecule has 1 fully saturated rings. The zero-order valence-electron chi connectivity index (χ0n) is 9.30. The van der Waals surface area contributed by atoms with Gasteiger partial charge in [-0.15, -0.1) is 0 Å². The summed E-state index contributed by atoms with van der Waals surface area (Å²) in [6.45, 7) is 6.09. The van der Waals surface area contributed by atoms with E-state index in [0.29, 0.717) is 0 Å². The van der Waals surface area contributed by atoms with Crippen LogP contribution in [0.2, 0.25) is 0 Å². The highest BCUT2D eigenvalue weighted by Crippen LogP contribution is 2.33. The van der Waals surface area contributed by atoms with Gasteiger partial charge in [0.05, 0.1) is 0 Å². The Morgan fingerprint density at radius 2 is 1.57 bits per heavy atom. The van der Waals surface area contributed by atoms with Gasteiger partial charge >= 0.3 is 0 Å². The molecule has 0 saturated heterocycles. The van der Waals surface area contributed by atoms with Crippen LogP contribution in [0.25, 0.3) is 5.70 Å². The Morgan fingerprint density at radius 3 is 2.00 bits per heavy atom. The molecule has 0 spiro atoms. The standard InChI is InChI=1S/C11H13N.C2H6/c1-8-2-4-9(5-3-8)11(12)10-6-7-10;1-2/h2-5H,6-7,12H2,1H3;1-2H3. The van der Waals surface area contributed by atoms with Crippen molar-refractivity contribution in [1.82, 2.24) is 0 Å². The Bertz CT molecular complexity index is 314. The smallest absolute Gasteiger partial charge is 0.0379 e. The van der Waals surface area contributed by atoms with E-state index in [0.717, 1.165) is 5.70 Å². The first kappa shape index (κ1) is 10.8. The van der Waals surface area contributed by atoms with Crippen molar-refractivity contribution in [3.8, 4) is 0 Å². The molecule has 76 valence electrons. The molecular formula is C13H19N. The first-order valence-electron chi connectivity index (χ1n) is 5.32. The van der Waals surface area contributed by atoms with Gasteiger partial charge in [0.15, 0.2) is 0 Å². The first-order chi connectivity index (χ1) is 6.77. The number of hydrogen-bond donors (Lipinski definition) is 1. The average Bonchev–Trinajstić information content (AvgIpc) is 3.04. The highest BCUT2D eigenvalue weighted by Gasteiger charge is 2.16. The molecule has 1 nitrogen and oxygen atoms in total. The molecule has 1 aromatic carbocycles. The third-order valence-electron chi connectivity index (χ3n) is 2.24. The molecule has 0 bridgehead atoms. The summed E-state index contributed by atoms with van der Waals surface area (Å²) < 4.78 is 0. The van der Waals surface area contributed by atoms with Crippen LogP contribution in [0.1, 0.15) is 37.8 Å². The van der Waals surface area contributed by atoms with E-state index in [4.69, 9.17) is 5.73 Å². The quantitative estimate of drug-likeness (QED) is 0.719. The van der Waals surface area contributed by atoms with Crippen LogP contribution in [0.15, 0.2) is 29.8 Å². The van der Waals surface area contributed by atoms with Crippen molar-refractivity contribution < 1.29 is 0 Å². The SMILES string of the molecule is CC.Cc1ccc(C(N)=C2CC2)cc1. The number of nitrogens with two attached hydrogens (primary N) is 1. The van der Waals surface area contributed by atoms with Gasteiger partial charge in [-0.2, -0.15) is 0 Å². The maximum absolute atomic E-state index is 5.93. The van der Waals surface area contributed by atoms with Gasteiger partial charge in [-0.05, 0) is 30.9 Å². The molecule has 0 radical (unpaired) electrons. The number of aryl methyl sites for hydroxylation is 1. The van der Waals surface area contributed by atoms with E-state index in [9.17, 15) is 0 Å². The highest BCUT2D eigenvalue weighted by atomic mass is 14.6. The molecular weight excluding hydrogens is 170 g/mol. The summed E-state index contributed by atoms with van der Waals surface area (Å²) in [4.78, 5) is 0. The van der Waals surface area contributed by atoms with Crippen LogP contribution in [0.5, 0.6) is 0 Å². The minimum atomic E-state index is 0.995. The molecule has 1 aromatic rings. The third kappa shape index (κ3) is 2.63. The van der Waals surface area contributed by atoms with Gasteiger partial charge in [0.1, 0.15) is 0 Å². The fraction of sp³-hybridized carbons (Fsp3) is 0.385.